The second-order valence-corrected chi connectivity index (χ2v) is 6.39. The first-order chi connectivity index (χ1) is 11.2. The number of amides is 1. The zero-order chi connectivity index (χ0) is 16.1. The van der Waals surface area contributed by atoms with Gasteiger partial charge in [0.05, 0.1) is 13.7 Å². The molecule has 0 saturated carbocycles. The fourth-order valence-corrected chi connectivity index (χ4v) is 3.41. The van der Waals surface area contributed by atoms with Crippen molar-refractivity contribution in [2.75, 3.05) is 26.8 Å². The predicted molar refractivity (Wildman–Crippen MR) is 96.1 cm³/mol. The molecule has 2 saturated heterocycles. The van der Waals surface area contributed by atoms with Crippen molar-refractivity contribution in [3.05, 3.63) is 24.3 Å². The maximum atomic E-state index is 12.3. The first-order valence-corrected chi connectivity index (χ1v) is 8.55. The number of likely N-dealkylation sites (tertiary alicyclic amines) is 1. The molecule has 6 heteroatoms. The molecule has 2 atom stereocenters. The molecule has 0 aromatic heterocycles. The minimum absolute atomic E-state index is 0. The van der Waals surface area contributed by atoms with Crippen LogP contribution < -0.4 is 14.8 Å². The van der Waals surface area contributed by atoms with Gasteiger partial charge in [-0.05, 0) is 49.9 Å². The number of halogens is 1. The largest absolute Gasteiger partial charge is 0.497 e. The molecule has 134 valence electrons. The van der Waals surface area contributed by atoms with E-state index in [-0.39, 0.29) is 18.3 Å². The van der Waals surface area contributed by atoms with E-state index >= 15 is 0 Å². The molecular weight excluding hydrogens is 328 g/mol. The quantitative estimate of drug-likeness (QED) is 0.798. The molecule has 3 rings (SSSR count). The first kappa shape index (κ1) is 18.9. The van der Waals surface area contributed by atoms with Crippen LogP contribution in [0.3, 0.4) is 0 Å². The number of hydrogen-bond acceptors (Lipinski definition) is 4. The van der Waals surface area contributed by atoms with Crippen LogP contribution in [0.5, 0.6) is 11.5 Å². The van der Waals surface area contributed by atoms with Gasteiger partial charge in [0, 0.05) is 31.6 Å². The third-order valence-electron chi connectivity index (χ3n) is 4.74. The molecule has 2 aliphatic rings. The van der Waals surface area contributed by atoms with Crippen LogP contribution >= 0.6 is 12.4 Å². The number of benzene rings is 1. The molecule has 2 fully saturated rings. The van der Waals surface area contributed by atoms with Crippen LogP contribution in [0.1, 0.15) is 32.1 Å². The predicted octanol–water partition coefficient (Wildman–Crippen LogP) is 2.63. The number of hydrogen-bond donors (Lipinski definition) is 1. The Morgan fingerprint density at radius 2 is 1.88 bits per heavy atom. The minimum atomic E-state index is 0. The number of carbonyl (C=O) groups excluding carboxylic acids is 1. The minimum Gasteiger partial charge on any atom is -0.497 e. The maximum absolute atomic E-state index is 12.3. The fraction of sp³-hybridized carbons (Fsp3) is 0.611. The second kappa shape index (κ2) is 9.14. The third-order valence-corrected chi connectivity index (χ3v) is 4.74. The molecule has 0 radical (unpaired) electrons. The average Bonchev–Trinajstić information content (AvgIpc) is 2.91. The van der Waals surface area contributed by atoms with Crippen molar-refractivity contribution in [1.82, 2.24) is 10.2 Å². The Hall–Kier alpha value is -1.46. The van der Waals surface area contributed by atoms with E-state index in [9.17, 15) is 4.79 Å². The summed E-state index contributed by atoms with van der Waals surface area (Å²) in [4.78, 5) is 14.4. The second-order valence-electron chi connectivity index (χ2n) is 6.39. The van der Waals surface area contributed by atoms with Crippen LogP contribution in [0.4, 0.5) is 0 Å². The average molecular weight is 355 g/mol. The number of methoxy groups -OCH3 is 1. The van der Waals surface area contributed by atoms with Gasteiger partial charge in [0.2, 0.25) is 5.91 Å². The third kappa shape index (κ3) is 5.02. The lowest BCUT2D eigenvalue weighted by Crippen LogP contribution is -2.39. The standard InChI is InChI=1S/C18H26N2O3.ClH/c1-22-16-6-8-17(9-7-16)23-12-2-3-18(21)20-11-10-14-4-5-15(13-20)19-14;/h6-9,14-15,19H,2-5,10-13H2,1H3;1H. The number of fused-ring (bicyclic) bond motifs is 2. The molecule has 2 unspecified atom stereocenters. The summed E-state index contributed by atoms with van der Waals surface area (Å²) in [5.41, 5.74) is 0. The summed E-state index contributed by atoms with van der Waals surface area (Å²) in [6.07, 6.45) is 4.87. The molecule has 2 heterocycles. The summed E-state index contributed by atoms with van der Waals surface area (Å²) in [5, 5.41) is 3.61. The molecule has 5 nitrogen and oxygen atoms in total. The van der Waals surface area contributed by atoms with Gasteiger partial charge in [-0.1, -0.05) is 0 Å². The van der Waals surface area contributed by atoms with Gasteiger partial charge in [-0.2, -0.15) is 0 Å². The van der Waals surface area contributed by atoms with E-state index in [0.29, 0.717) is 25.1 Å². The highest BCUT2D eigenvalue weighted by atomic mass is 35.5. The highest BCUT2D eigenvalue weighted by Gasteiger charge is 2.30. The summed E-state index contributed by atoms with van der Waals surface area (Å²) in [6.45, 7) is 2.33. The van der Waals surface area contributed by atoms with Gasteiger partial charge >= 0.3 is 0 Å². The summed E-state index contributed by atoms with van der Waals surface area (Å²) in [7, 11) is 1.64. The van der Waals surface area contributed by atoms with Crippen molar-refractivity contribution >= 4 is 18.3 Å². The van der Waals surface area contributed by atoms with E-state index in [0.717, 1.165) is 37.4 Å². The highest BCUT2D eigenvalue weighted by molar-refractivity contribution is 5.85. The molecule has 2 aliphatic heterocycles. The zero-order valence-electron chi connectivity index (χ0n) is 14.2. The van der Waals surface area contributed by atoms with Gasteiger partial charge < -0.3 is 19.7 Å². The van der Waals surface area contributed by atoms with Crippen LogP contribution in [0.25, 0.3) is 0 Å². The molecule has 1 N–H and O–H groups in total. The molecular formula is C18H27ClN2O3. The van der Waals surface area contributed by atoms with Crippen LogP contribution in [0, 0.1) is 0 Å². The van der Waals surface area contributed by atoms with Crippen LogP contribution in [-0.2, 0) is 4.79 Å². The first-order valence-electron chi connectivity index (χ1n) is 8.55. The number of carbonyl (C=O) groups is 1. The van der Waals surface area contributed by atoms with E-state index in [4.69, 9.17) is 9.47 Å². The maximum Gasteiger partial charge on any atom is 0.222 e. The number of nitrogens with one attached hydrogen (secondary N) is 1. The SMILES string of the molecule is COc1ccc(OCCCC(=O)N2CCC3CCC(C2)N3)cc1.Cl. The Bertz CT molecular complexity index is 524. The zero-order valence-corrected chi connectivity index (χ0v) is 15.0. The molecule has 2 bridgehead atoms. The van der Waals surface area contributed by atoms with Crippen molar-refractivity contribution in [2.45, 2.75) is 44.2 Å². The van der Waals surface area contributed by atoms with Gasteiger partial charge in [0.1, 0.15) is 11.5 Å². The number of ether oxygens (including phenoxy) is 2. The van der Waals surface area contributed by atoms with Gasteiger partial charge in [0.25, 0.3) is 0 Å². The lowest BCUT2D eigenvalue weighted by molar-refractivity contribution is -0.131. The Labute approximate surface area is 150 Å². The molecule has 0 aliphatic carbocycles. The number of nitrogens with zero attached hydrogens (tertiary/aromatic N) is 1. The summed E-state index contributed by atoms with van der Waals surface area (Å²) in [5.74, 6) is 1.89. The van der Waals surface area contributed by atoms with Crippen molar-refractivity contribution in [1.29, 1.82) is 0 Å². The van der Waals surface area contributed by atoms with Crippen molar-refractivity contribution in [3.63, 3.8) is 0 Å². The normalized spacial score (nSPS) is 22.5. The number of rotatable bonds is 6. The summed E-state index contributed by atoms with van der Waals surface area (Å²) >= 11 is 0. The lowest BCUT2D eigenvalue weighted by Gasteiger charge is -2.24. The Kier molecular flexibility index (Phi) is 7.18. The molecule has 24 heavy (non-hydrogen) atoms. The van der Waals surface area contributed by atoms with Crippen molar-refractivity contribution < 1.29 is 14.3 Å². The van der Waals surface area contributed by atoms with E-state index in [1.54, 1.807) is 7.11 Å². The van der Waals surface area contributed by atoms with Gasteiger partial charge in [-0.25, -0.2) is 0 Å². The molecule has 0 spiro atoms. The fourth-order valence-electron chi connectivity index (χ4n) is 3.41. The molecule has 1 aromatic rings. The van der Waals surface area contributed by atoms with Gasteiger partial charge in [0.15, 0.2) is 0 Å². The highest BCUT2D eigenvalue weighted by Crippen LogP contribution is 2.21. The van der Waals surface area contributed by atoms with Crippen LogP contribution in [0.15, 0.2) is 24.3 Å². The molecule has 1 aromatic carbocycles. The van der Waals surface area contributed by atoms with E-state index in [1.807, 2.05) is 29.2 Å². The Morgan fingerprint density at radius 1 is 1.17 bits per heavy atom. The monoisotopic (exact) mass is 354 g/mol. The summed E-state index contributed by atoms with van der Waals surface area (Å²) < 4.78 is 10.8. The van der Waals surface area contributed by atoms with E-state index < -0.39 is 0 Å². The topological polar surface area (TPSA) is 50.8 Å². The van der Waals surface area contributed by atoms with Crippen LogP contribution in [0.2, 0.25) is 0 Å². The van der Waals surface area contributed by atoms with Crippen molar-refractivity contribution in [2.24, 2.45) is 0 Å². The lowest BCUT2D eigenvalue weighted by atomic mass is 10.1. The van der Waals surface area contributed by atoms with E-state index in [2.05, 4.69) is 5.32 Å². The van der Waals surface area contributed by atoms with Crippen molar-refractivity contribution in [3.8, 4) is 11.5 Å². The Balaban J connectivity index is 0.00000208. The van der Waals surface area contributed by atoms with Gasteiger partial charge in [-0.3, -0.25) is 4.79 Å². The summed E-state index contributed by atoms with van der Waals surface area (Å²) in [6, 6.07) is 8.65. The smallest absolute Gasteiger partial charge is 0.222 e. The van der Waals surface area contributed by atoms with Crippen LogP contribution in [-0.4, -0.2) is 49.7 Å². The van der Waals surface area contributed by atoms with Gasteiger partial charge in [-0.15, -0.1) is 12.4 Å². The molecule has 1 amide bonds. The van der Waals surface area contributed by atoms with E-state index in [1.165, 1.54) is 12.8 Å². The Morgan fingerprint density at radius 3 is 2.62 bits per heavy atom.